The molecule has 0 fully saturated rings. The lowest BCUT2D eigenvalue weighted by molar-refractivity contribution is 0.587. The van der Waals surface area contributed by atoms with Crippen LogP contribution >= 0.6 is 0 Å². The molecule has 0 saturated heterocycles. The second kappa shape index (κ2) is 5.62. The van der Waals surface area contributed by atoms with Gasteiger partial charge in [0.25, 0.3) is 10.0 Å². The molecular formula is C19H14N2O2S. The molecule has 0 bridgehead atoms. The Bertz CT molecular complexity index is 1060. The van der Waals surface area contributed by atoms with Crippen LogP contribution in [0.4, 0.5) is 5.69 Å². The van der Waals surface area contributed by atoms with Gasteiger partial charge in [0.2, 0.25) is 0 Å². The molecule has 0 saturated carbocycles. The number of fused-ring (bicyclic) bond motifs is 1. The van der Waals surface area contributed by atoms with E-state index in [1.807, 2.05) is 30.3 Å². The Morgan fingerprint density at radius 3 is 2.46 bits per heavy atom. The van der Waals surface area contributed by atoms with Crippen molar-refractivity contribution in [2.24, 2.45) is 4.99 Å². The van der Waals surface area contributed by atoms with Gasteiger partial charge in [-0.25, -0.2) is 12.4 Å². The van der Waals surface area contributed by atoms with Gasteiger partial charge >= 0.3 is 0 Å². The second-order valence-corrected chi connectivity index (χ2v) is 7.24. The van der Waals surface area contributed by atoms with Crippen LogP contribution in [0.15, 0.2) is 82.8 Å². The molecule has 5 heteroatoms. The van der Waals surface area contributed by atoms with Gasteiger partial charge in [0.15, 0.2) is 0 Å². The molecule has 0 amide bonds. The second-order valence-electron chi connectivity index (χ2n) is 5.42. The number of hydrogen-bond donors (Lipinski definition) is 0. The summed E-state index contributed by atoms with van der Waals surface area (Å²) in [4.78, 5) is 4.62. The van der Waals surface area contributed by atoms with Gasteiger partial charge in [-0.2, -0.15) is 0 Å². The predicted molar refractivity (Wildman–Crippen MR) is 95.9 cm³/mol. The largest absolute Gasteiger partial charge is 0.268 e. The molecule has 0 aliphatic carbocycles. The Kier molecular flexibility index (Phi) is 3.43. The number of allylic oxidation sites excluding steroid dienone is 1. The van der Waals surface area contributed by atoms with Gasteiger partial charge in [0, 0.05) is 23.5 Å². The normalized spacial score (nSPS) is 14.9. The lowest BCUT2D eigenvalue weighted by atomic mass is 10.1. The van der Waals surface area contributed by atoms with Crippen LogP contribution in [-0.4, -0.2) is 18.6 Å². The maximum absolute atomic E-state index is 12.8. The van der Waals surface area contributed by atoms with Gasteiger partial charge in [-0.3, -0.25) is 4.99 Å². The van der Waals surface area contributed by atoms with Crippen LogP contribution in [0.5, 0.6) is 0 Å². The van der Waals surface area contributed by atoms with Crippen molar-refractivity contribution >= 4 is 33.6 Å². The topological polar surface area (TPSA) is 51.4 Å². The molecule has 1 aliphatic heterocycles. The summed E-state index contributed by atoms with van der Waals surface area (Å²) in [5.74, 6) is 0. The van der Waals surface area contributed by atoms with E-state index in [1.165, 1.54) is 3.97 Å². The molecule has 2 aromatic carbocycles. The third kappa shape index (κ3) is 2.39. The summed E-state index contributed by atoms with van der Waals surface area (Å²) in [5, 5.41) is 0. The average Bonchev–Trinajstić information content (AvgIpc) is 3.24. The minimum Gasteiger partial charge on any atom is -0.256 e. The van der Waals surface area contributed by atoms with Crippen molar-refractivity contribution in [3.8, 4) is 0 Å². The smallest absolute Gasteiger partial charge is 0.256 e. The quantitative estimate of drug-likeness (QED) is 0.727. The van der Waals surface area contributed by atoms with E-state index >= 15 is 0 Å². The SMILES string of the molecule is O=S(=O)(c1ccccc1)n1cccc1/C=C1\C=Nc2ccccc21. The Hall–Kier alpha value is -2.92. The third-order valence-electron chi connectivity index (χ3n) is 3.90. The molecule has 0 radical (unpaired) electrons. The number of benzene rings is 2. The average molecular weight is 334 g/mol. The molecule has 1 aromatic heterocycles. The molecule has 0 unspecified atom stereocenters. The summed E-state index contributed by atoms with van der Waals surface area (Å²) < 4.78 is 27.0. The molecule has 4 nitrogen and oxygen atoms in total. The Labute approximate surface area is 140 Å². The number of para-hydroxylation sites is 1. The Balaban J connectivity index is 1.81. The van der Waals surface area contributed by atoms with Gasteiger partial charge in [0.05, 0.1) is 16.3 Å². The summed E-state index contributed by atoms with van der Waals surface area (Å²) in [6, 6.07) is 19.7. The van der Waals surface area contributed by atoms with Crippen molar-refractivity contribution in [1.29, 1.82) is 0 Å². The van der Waals surface area contributed by atoms with E-state index in [0.717, 1.165) is 16.8 Å². The predicted octanol–water partition coefficient (Wildman–Crippen LogP) is 3.98. The fraction of sp³-hybridized carbons (Fsp3) is 0. The molecule has 2 heterocycles. The zero-order chi connectivity index (χ0) is 16.6. The van der Waals surface area contributed by atoms with E-state index in [0.29, 0.717) is 5.69 Å². The fourth-order valence-corrected chi connectivity index (χ4v) is 4.08. The van der Waals surface area contributed by atoms with Crippen LogP contribution in [0, 0.1) is 0 Å². The molecule has 4 rings (SSSR count). The molecular weight excluding hydrogens is 320 g/mol. The molecule has 1 aliphatic rings. The number of aromatic nitrogens is 1. The third-order valence-corrected chi connectivity index (χ3v) is 5.62. The highest BCUT2D eigenvalue weighted by atomic mass is 32.2. The lowest BCUT2D eigenvalue weighted by Crippen LogP contribution is -2.13. The van der Waals surface area contributed by atoms with Gasteiger partial charge in [-0.05, 0) is 36.4 Å². The first-order chi connectivity index (χ1) is 11.7. The van der Waals surface area contributed by atoms with Gasteiger partial charge < -0.3 is 0 Å². The maximum atomic E-state index is 12.8. The van der Waals surface area contributed by atoms with Gasteiger partial charge in [-0.15, -0.1) is 0 Å². The monoisotopic (exact) mass is 334 g/mol. The van der Waals surface area contributed by atoms with Crippen LogP contribution in [0.25, 0.3) is 11.6 Å². The first-order valence-electron chi connectivity index (χ1n) is 7.49. The van der Waals surface area contributed by atoms with Crippen molar-refractivity contribution < 1.29 is 8.42 Å². The maximum Gasteiger partial charge on any atom is 0.268 e. The highest BCUT2D eigenvalue weighted by Gasteiger charge is 2.19. The van der Waals surface area contributed by atoms with E-state index in [-0.39, 0.29) is 4.90 Å². The molecule has 3 aromatic rings. The van der Waals surface area contributed by atoms with E-state index < -0.39 is 10.0 Å². The highest BCUT2D eigenvalue weighted by Crippen LogP contribution is 2.32. The minimum atomic E-state index is -3.62. The van der Waals surface area contributed by atoms with Crippen LogP contribution in [0.3, 0.4) is 0 Å². The lowest BCUT2D eigenvalue weighted by Gasteiger charge is -2.09. The molecule has 0 spiro atoms. The first kappa shape index (κ1) is 14.7. The van der Waals surface area contributed by atoms with Crippen molar-refractivity contribution in [3.05, 3.63) is 84.2 Å². The van der Waals surface area contributed by atoms with Crippen molar-refractivity contribution in [3.63, 3.8) is 0 Å². The van der Waals surface area contributed by atoms with E-state index in [4.69, 9.17) is 0 Å². The Morgan fingerprint density at radius 2 is 1.62 bits per heavy atom. The summed E-state index contributed by atoms with van der Waals surface area (Å²) in [6.07, 6.45) is 5.17. The molecule has 24 heavy (non-hydrogen) atoms. The molecule has 0 atom stereocenters. The summed E-state index contributed by atoms with van der Waals surface area (Å²) in [7, 11) is -3.62. The van der Waals surface area contributed by atoms with Crippen LogP contribution in [0.2, 0.25) is 0 Å². The van der Waals surface area contributed by atoms with Crippen molar-refractivity contribution in [1.82, 2.24) is 3.97 Å². The number of nitrogens with zero attached hydrogens (tertiary/aromatic N) is 2. The van der Waals surface area contributed by atoms with Crippen molar-refractivity contribution in [2.75, 3.05) is 0 Å². The van der Waals surface area contributed by atoms with Gasteiger partial charge in [-0.1, -0.05) is 36.4 Å². The summed E-state index contributed by atoms with van der Waals surface area (Å²) in [5.41, 5.74) is 3.39. The number of hydrogen-bond acceptors (Lipinski definition) is 3. The summed E-state index contributed by atoms with van der Waals surface area (Å²) >= 11 is 0. The standard InChI is InChI=1S/C19H14N2O2S/c22-24(23,17-8-2-1-3-9-17)21-12-6-7-16(21)13-15-14-20-19-11-5-4-10-18(15)19/h1-14H/b15-13+. The van der Waals surface area contributed by atoms with Crippen LogP contribution in [-0.2, 0) is 10.0 Å². The fourth-order valence-electron chi connectivity index (χ4n) is 2.73. The van der Waals surface area contributed by atoms with E-state index in [9.17, 15) is 8.42 Å². The molecule has 118 valence electrons. The van der Waals surface area contributed by atoms with E-state index in [1.54, 1.807) is 54.9 Å². The highest BCUT2D eigenvalue weighted by molar-refractivity contribution is 7.90. The van der Waals surface area contributed by atoms with E-state index in [2.05, 4.69) is 4.99 Å². The van der Waals surface area contributed by atoms with Gasteiger partial charge in [0.1, 0.15) is 0 Å². The zero-order valence-corrected chi connectivity index (χ0v) is 13.5. The first-order valence-corrected chi connectivity index (χ1v) is 8.93. The summed E-state index contributed by atoms with van der Waals surface area (Å²) in [6.45, 7) is 0. The van der Waals surface area contributed by atoms with Crippen molar-refractivity contribution in [2.45, 2.75) is 4.90 Å². The zero-order valence-electron chi connectivity index (χ0n) is 12.7. The van der Waals surface area contributed by atoms with Crippen LogP contribution < -0.4 is 0 Å². The number of rotatable bonds is 3. The minimum absolute atomic E-state index is 0.265. The Morgan fingerprint density at radius 1 is 0.875 bits per heavy atom. The van der Waals surface area contributed by atoms with Crippen LogP contribution in [0.1, 0.15) is 11.3 Å². The number of aliphatic imine (C=N–C) groups is 1. The molecule has 0 N–H and O–H groups in total.